The number of halogens is 4. The lowest BCUT2D eigenvalue weighted by molar-refractivity contribution is -0.0894. The van der Waals surface area contributed by atoms with Gasteiger partial charge in [0, 0.05) is 11.5 Å². The van der Waals surface area contributed by atoms with Crippen molar-refractivity contribution in [2.45, 2.75) is 19.5 Å². The van der Waals surface area contributed by atoms with Gasteiger partial charge >= 0.3 is 6.18 Å². The van der Waals surface area contributed by atoms with E-state index in [0.717, 1.165) is 6.08 Å². The average Bonchev–Trinajstić information content (AvgIpc) is 2.12. The van der Waals surface area contributed by atoms with Crippen LogP contribution in [-0.2, 0) is 0 Å². The summed E-state index contributed by atoms with van der Waals surface area (Å²) in [6, 6.07) is 0. The van der Waals surface area contributed by atoms with Gasteiger partial charge in [0.05, 0.1) is 5.57 Å². The van der Waals surface area contributed by atoms with E-state index < -0.39 is 11.7 Å². The smallest absolute Gasteiger partial charge is 0.166 e. The van der Waals surface area contributed by atoms with Gasteiger partial charge in [-0.2, -0.15) is 13.2 Å². The van der Waals surface area contributed by atoms with Crippen LogP contribution in [0.4, 0.5) is 13.2 Å². The Balaban J connectivity index is 3.02. The lowest BCUT2D eigenvalue weighted by Crippen LogP contribution is -2.12. The van der Waals surface area contributed by atoms with E-state index in [1.165, 1.54) is 19.1 Å². The van der Waals surface area contributed by atoms with Crippen molar-refractivity contribution in [1.82, 2.24) is 0 Å². The van der Waals surface area contributed by atoms with Crippen molar-refractivity contribution in [2.24, 2.45) is 0 Å². The van der Waals surface area contributed by atoms with Crippen molar-refractivity contribution in [1.29, 1.82) is 0 Å². The molecule has 1 aliphatic rings. The average molecular weight is 209 g/mol. The van der Waals surface area contributed by atoms with Crippen molar-refractivity contribution in [2.75, 3.05) is 0 Å². The Kier molecular flexibility index (Phi) is 2.86. The highest BCUT2D eigenvalue weighted by Gasteiger charge is 2.34. The molecule has 0 fully saturated rings. The third-order valence-electron chi connectivity index (χ3n) is 1.75. The Morgan fingerprint density at radius 2 is 1.92 bits per heavy atom. The van der Waals surface area contributed by atoms with Gasteiger partial charge in [0.25, 0.3) is 0 Å². The Morgan fingerprint density at radius 1 is 1.31 bits per heavy atom. The number of alkyl halides is 3. The van der Waals surface area contributed by atoms with Gasteiger partial charge < -0.3 is 0 Å². The first-order chi connectivity index (χ1) is 5.91. The number of hydrogen-bond acceptors (Lipinski definition) is 0. The molecule has 72 valence electrons. The molecule has 0 saturated carbocycles. The van der Waals surface area contributed by atoms with Crippen LogP contribution >= 0.6 is 11.6 Å². The Morgan fingerprint density at radius 3 is 2.46 bits per heavy atom. The minimum Gasteiger partial charge on any atom is -0.166 e. The predicted octanol–water partition coefficient (Wildman–Crippen LogP) is 3.95. The van der Waals surface area contributed by atoms with Crippen LogP contribution in [-0.4, -0.2) is 6.18 Å². The van der Waals surface area contributed by atoms with Gasteiger partial charge in [-0.1, -0.05) is 23.8 Å². The lowest BCUT2D eigenvalue weighted by atomic mass is 10.1. The highest BCUT2D eigenvalue weighted by atomic mass is 35.5. The molecule has 13 heavy (non-hydrogen) atoms. The fourth-order valence-electron chi connectivity index (χ4n) is 1.07. The fourth-order valence-corrected chi connectivity index (χ4v) is 1.21. The maximum atomic E-state index is 12.3. The maximum Gasteiger partial charge on any atom is 0.416 e. The molecule has 0 aromatic rings. The summed E-state index contributed by atoms with van der Waals surface area (Å²) in [5.41, 5.74) is -0.400. The molecule has 4 heteroatoms. The molecule has 0 aromatic carbocycles. The van der Waals surface area contributed by atoms with Crippen LogP contribution in [0.2, 0.25) is 0 Å². The molecule has 0 atom stereocenters. The molecule has 0 nitrogen and oxygen atoms in total. The van der Waals surface area contributed by atoms with E-state index in [1.807, 2.05) is 0 Å². The highest BCUT2D eigenvalue weighted by Crippen LogP contribution is 2.33. The van der Waals surface area contributed by atoms with Crippen LogP contribution in [0, 0.1) is 0 Å². The minimum atomic E-state index is -4.28. The van der Waals surface area contributed by atoms with Crippen LogP contribution in [0.25, 0.3) is 0 Å². The lowest BCUT2D eigenvalue weighted by Gasteiger charge is -2.10. The van der Waals surface area contributed by atoms with Crippen LogP contribution < -0.4 is 0 Å². The van der Waals surface area contributed by atoms with E-state index in [-0.39, 0.29) is 12.0 Å². The summed E-state index contributed by atoms with van der Waals surface area (Å²) in [4.78, 5) is 0. The van der Waals surface area contributed by atoms with Gasteiger partial charge in [0.2, 0.25) is 0 Å². The summed E-state index contributed by atoms with van der Waals surface area (Å²) in [5.74, 6) is 0. The third-order valence-corrected chi connectivity index (χ3v) is 2.03. The summed E-state index contributed by atoms with van der Waals surface area (Å²) >= 11 is 5.61. The molecule has 0 saturated heterocycles. The van der Waals surface area contributed by atoms with Crippen molar-refractivity contribution in [3.8, 4) is 0 Å². The summed E-state index contributed by atoms with van der Waals surface area (Å²) in [6.45, 7) is 1.42. The molecule has 0 radical (unpaired) electrons. The summed E-state index contributed by atoms with van der Waals surface area (Å²) in [6.07, 6.45) is -0.154. The van der Waals surface area contributed by atoms with E-state index in [2.05, 4.69) is 0 Å². The molecule has 1 rings (SSSR count). The van der Waals surface area contributed by atoms with Crippen molar-refractivity contribution in [3.05, 3.63) is 34.4 Å². The summed E-state index contributed by atoms with van der Waals surface area (Å²) < 4.78 is 37.0. The molecular formula is C9H8ClF3. The normalized spacial score (nSPS) is 18.7. The van der Waals surface area contributed by atoms with E-state index in [1.54, 1.807) is 0 Å². The molecule has 0 N–H and O–H groups in total. The Hall–Kier alpha value is -0.700. The summed E-state index contributed by atoms with van der Waals surface area (Å²) in [5, 5.41) is 0.415. The van der Waals surface area contributed by atoms with E-state index >= 15 is 0 Å². The molecule has 0 aromatic heterocycles. The second kappa shape index (κ2) is 3.58. The van der Waals surface area contributed by atoms with E-state index in [0.29, 0.717) is 5.03 Å². The van der Waals surface area contributed by atoms with Gasteiger partial charge in [0.1, 0.15) is 0 Å². The van der Waals surface area contributed by atoms with Crippen molar-refractivity contribution < 1.29 is 13.2 Å². The van der Waals surface area contributed by atoms with Crippen LogP contribution in [0.1, 0.15) is 13.3 Å². The number of rotatable bonds is 0. The second-order valence-corrected chi connectivity index (χ2v) is 3.27. The zero-order valence-corrected chi connectivity index (χ0v) is 7.71. The molecule has 0 aliphatic heterocycles. The van der Waals surface area contributed by atoms with Crippen LogP contribution in [0.15, 0.2) is 34.4 Å². The van der Waals surface area contributed by atoms with Gasteiger partial charge in [-0.3, -0.25) is 0 Å². The SMILES string of the molecule is CC1=CC=C(Cl)CC=C1C(F)(F)F. The molecule has 0 amide bonds. The predicted molar refractivity (Wildman–Crippen MR) is 46.4 cm³/mol. The molecule has 0 bridgehead atoms. The largest absolute Gasteiger partial charge is 0.416 e. The highest BCUT2D eigenvalue weighted by molar-refractivity contribution is 6.29. The van der Waals surface area contributed by atoms with Gasteiger partial charge in [-0.15, -0.1) is 0 Å². The number of hydrogen-bond donors (Lipinski definition) is 0. The van der Waals surface area contributed by atoms with Crippen molar-refractivity contribution in [3.63, 3.8) is 0 Å². The van der Waals surface area contributed by atoms with Crippen LogP contribution in [0.3, 0.4) is 0 Å². The standard InChI is InChI=1S/C9H8ClF3/c1-6-2-3-7(10)4-5-8(6)9(11,12)13/h2-3,5H,4H2,1H3. The van der Waals surface area contributed by atoms with Crippen molar-refractivity contribution >= 4 is 11.6 Å². The Labute approximate surface area is 79.4 Å². The molecule has 0 heterocycles. The van der Waals surface area contributed by atoms with E-state index in [4.69, 9.17) is 11.6 Å². The van der Waals surface area contributed by atoms with Gasteiger partial charge in [0.15, 0.2) is 0 Å². The zero-order chi connectivity index (χ0) is 10.1. The maximum absolute atomic E-state index is 12.3. The monoisotopic (exact) mass is 208 g/mol. The Bertz CT molecular complexity index is 294. The van der Waals surface area contributed by atoms with Gasteiger partial charge in [-0.05, 0) is 18.6 Å². The first-order valence-corrected chi connectivity index (χ1v) is 4.10. The first kappa shape index (κ1) is 10.4. The second-order valence-electron chi connectivity index (χ2n) is 2.78. The zero-order valence-electron chi connectivity index (χ0n) is 6.95. The topological polar surface area (TPSA) is 0 Å². The molecule has 0 spiro atoms. The fraction of sp³-hybridized carbons (Fsp3) is 0.333. The van der Waals surface area contributed by atoms with Gasteiger partial charge in [-0.25, -0.2) is 0 Å². The third kappa shape index (κ3) is 2.62. The van der Waals surface area contributed by atoms with E-state index in [9.17, 15) is 13.2 Å². The quantitative estimate of drug-likeness (QED) is 0.566. The summed E-state index contributed by atoms with van der Waals surface area (Å²) in [7, 11) is 0. The van der Waals surface area contributed by atoms with Crippen LogP contribution in [0.5, 0.6) is 0 Å². The number of allylic oxidation sites excluding steroid dienone is 6. The first-order valence-electron chi connectivity index (χ1n) is 3.72. The molecule has 0 unspecified atom stereocenters. The minimum absolute atomic E-state index is 0.143. The molecule has 1 aliphatic carbocycles. The molecular weight excluding hydrogens is 201 g/mol.